The Bertz CT molecular complexity index is 371. The number of hydrogen-bond acceptors (Lipinski definition) is 5. The number of nitrogens with two attached hydrogens (primary N) is 1. The number of oxime groups is 1. The van der Waals surface area contributed by atoms with Gasteiger partial charge in [0.25, 0.3) is 0 Å². The minimum atomic E-state index is -0.000230. The Morgan fingerprint density at radius 2 is 2.44 bits per heavy atom. The Hall–Kier alpha value is -1.27. The smallest absolute Gasteiger partial charge is 0.189 e. The number of thioether (sulfide) groups is 1. The van der Waals surface area contributed by atoms with Gasteiger partial charge in [0.2, 0.25) is 0 Å². The lowest BCUT2D eigenvalue weighted by Crippen LogP contribution is -2.16. The first-order valence-corrected chi connectivity index (χ1v) is 5.84. The first-order valence-electron chi connectivity index (χ1n) is 4.85. The van der Waals surface area contributed by atoms with Gasteiger partial charge >= 0.3 is 0 Å². The topological polar surface area (TPSA) is 91.7 Å². The molecule has 1 heterocycles. The monoisotopic (exact) mass is 241 g/mol. The fourth-order valence-corrected chi connectivity index (χ4v) is 2.07. The van der Waals surface area contributed by atoms with Crippen molar-refractivity contribution in [2.75, 3.05) is 12.4 Å². The summed E-state index contributed by atoms with van der Waals surface area (Å²) in [6, 6.07) is 3.65. The second-order valence-corrected chi connectivity index (χ2v) is 4.50. The first kappa shape index (κ1) is 12.8. The molecule has 1 rings (SSSR count). The maximum atomic E-state index is 8.92. The predicted molar refractivity (Wildman–Crippen MR) is 63.7 cm³/mol. The van der Waals surface area contributed by atoms with E-state index in [9.17, 15) is 0 Å². The largest absolute Gasteiger partial charge is 0.409 e. The van der Waals surface area contributed by atoms with Crippen LogP contribution in [0.5, 0.6) is 0 Å². The van der Waals surface area contributed by atoms with Gasteiger partial charge in [-0.25, -0.2) is 0 Å². The molecule has 0 aliphatic carbocycles. The summed E-state index contributed by atoms with van der Waals surface area (Å²) in [5, 5.41) is 20.5. The van der Waals surface area contributed by atoms with E-state index in [0.29, 0.717) is 5.69 Å². The summed E-state index contributed by atoms with van der Waals surface area (Å²) >= 11 is 1.53. The molecule has 1 aromatic heterocycles. The minimum absolute atomic E-state index is 0.000230. The van der Waals surface area contributed by atoms with E-state index < -0.39 is 0 Å². The van der Waals surface area contributed by atoms with Gasteiger partial charge in [0.15, 0.2) is 5.84 Å². The molecule has 0 spiro atoms. The maximum absolute atomic E-state index is 8.92. The van der Waals surface area contributed by atoms with Gasteiger partial charge in [-0.3, -0.25) is 4.98 Å². The van der Waals surface area contributed by atoms with Gasteiger partial charge < -0.3 is 16.0 Å². The van der Waals surface area contributed by atoms with Crippen LogP contribution in [0.2, 0.25) is 0 Å². The Morgan fingerprint density at radius 3 is 3.06 bits per heavy atom. The van der Waals surface area contributed by atoms with Gasteiger partial charge in [-0.2, -0.15) is 0 Å². The van der Waals surface area contributed by atoms with Crippen molar-refractivity contribution in [3.05, 3.63) is 24.0 Å². The van der Waals surface area contributed by atoms with Crippen molar-refractivity contribution in [1.29, 1.82) is 0 Å². The SMILES string of the molecule is CC(CO)CSc1cccnc1/C(N)=N/O. The Morgan fingerprint density at radius 1 is 1.69 bits per heavy atom. The zero-order valence-corrected chi connectivity index (χ0v) is 9.81. The van der Waals surface area contributed by atoms with Crippen LogP contribution < -0.4 is 5.73 Å². The Labute approximate surface area is 98.4 Å². The molecule has 0 fully saturated rings. The third kappa shape index (κ3) is 3.39. The van der Waals surface area contributed by atoms with E-state index >= 15 is 0 Å². The summed E-state index contributed by atoms with van der Waals surface area (Å²) in [6.07, 6.45) is 1.59. The summed E-state index contributed by atoms with van der Waals surface area (Å²) in [6.45, 7) is 2.10. The lowest BCUT2D eigenvalue weighted by molar-refractivity contribution is 0.250. The summed E-state index contributed by atoms with van der Waals surface area (Å²) in [7, 11) is 0. The molecular weight excluding hydrogens is 226 g/mol. The molecule has 0 radical (unpaired) electrons. The molecule has 0 saturated heterocycles. The van der Waals surface area contributed by atoms with E-state index in [0.717, 1.165) is 10.6 Å². The molecule has 0 aliphatic heterocycles. The van der Waals surface area contributed by atoms with Crippen molar-refractivity contribution in [1.82, 2.24) is 4.98 Å². The third-order valence-electron chi connectivity index (χ3n) is 1.96. The molecule has 0 aliphatic rings. The van der Waals surface area contributed by atoms with E-state index in [1.807, 2.05) is 13.0 Å². The van der Waals surface area contributed by atoms with Crippen LogP contribution in [0.25, 0.3) is 0 Å². The molecule has 0 saturated carbocycles. The molecule has 6 heteroatoms. The van der Waals surface area contributed by atoms with Crippen LogP contribution in [0.3, 0.4) is 0 Å². The van der Waals surface area contributed by atoms with Crippen molar-refractivity contribution in [3.8, 4) is 0 Å². The fourth-order valence-electron chi connectivity index (χ4n) is 1.03. The molecule has 4 N–H and O–H groups in total. The van der Waals surface area contributed by atoms with Crippen LogP contribution in [0.4, 0.5) is 0 Å². The number of aliphatic hydroxyl groups is 1. The molecule has 1 atom stereocenters. The molecule has 16 heavy (non-hydrogen) atoms. The molecule has 0 amide bonds. The minimum Gasteiger partial charge on any atom is -0.409 e. The van der Waals surface area contributed by atoms with Gasteiger partial charge in [0, 0.05) is 23.5 Å². The first-order chi connectivity index (χ1) is 7.69. The molecule has 1 aromatic rings. The van der Waals surface area contributed by atoms with Crippen molar-refractivity contribution >= 4 is 17.6 Å². The average molecular weight is 241 g/mol. The number of nitrogens with zero attached hydrogens (tertiary/aromatic N) is 2. The number of rotatable bonds is 5. The lowest BCUT2D eigenvalue weighted by atomic mass is 10.2. The highest BCUT2D eigenvalue weighted by molar-refractivity contribution is 7.99. The molecule has 0 aromatic carbocycles. The van der Waals surface area contributed by atoms with Crippen LogP contribution >= 0.6 is 11.8 Å². The Kier molecular flexibility index (Phi) is 5.07. The number of aliphatic hydroxyl groups excluding tert-OH is 1. The number of aromatic nitrogens is 1. The van der Waals surface area contributed by atoms with E-state index in [2.05, 4.69) is 10.1 Å². The average Bonchev–Trinajstić information content (AvgIpc) is 2.35. The van der Waals surface area contributed by atoms with Crippen molar-refractivity contribution in [2.45, 2.75) is 11.8 Å². The van der Waals surface area contributed by atoms with Crippen LogP contribution in [0, 0.1) is 5.92 Å². The summed E-state index contributed by atoms with van der Waals surface area (Å²) in [5.74, 6) is 0.957. The van der Waals surface area contributed by atoms with E-state index in [1.165, 1.54) is 11.8 Å². The highest BCUT2D eigenvalue weighted by Crippen LogP contribution is 2.23. The lowest BCUT2D eigenvalue weighted by Gasteiger charge is -2.09. The van der Waals surface area contributed by atoms with E-state index in [-0.39, 0.29) is 18.4 Å². The normalized spacial score (nSPS) is 13.8. The molecule has 0 bridgehead atoms. The standard InChI is InChI=1S/C10H15N3O2S/c1-7(5-14)6-16-8-3-2-4-12-9(8)10(11)13-15/h2-4,7,14-15H,5-6H2,1H3,(H2,11,13). The van der Waals surface area contributed by atoms with E-state index in [4.69, 9.17) is 16.0 Å². The van der Waals surface area contributed by atoms with Crippen molar-refractivity contribution in [3.63, 3.8) is 0 Å². The number of pyridine rings is 1. The number of hydrogen-bond donors (Lipinski definition) is 3. The van der Waals surface area contributed by atoms with Gasteiger partial charge in [-0.1, -0.05) is 12.1 Å². The van der Waals surface area contributed by atoms with Crippen molar-refractivity contribution < 1.29 is 10.3 Å². The Balaban J connectivity index is 2.79. The molecular formula is C10H15N3O2S. The van der Waals surface area contributed by atoms with Crippen molar-refractivity contribution in [2.24, 2.45) is 16.8 Å². The van der Waals surface area contributed by atoms with Crippen LogP contribution in [-0.4, -0.2) is 33.5 Å². The van der Waals surface area contributed by atoms with Gasteiger partial charge in [0.1, 0.15) is 5.69 Å². The molecule has 88 valence electrons. The number of amidine groups is 1. The second kappa shape index (κ2) is 6.34. The summed E-state index contributed by atoms with van der Waals surface area (Å²) in [5.41, 5.74) is 5.98. The molecule has 5 nitrogen and oxygen atoms in total. The quantitative estimate of drug-likeness (QED) is 0.234. The molecule has 1 unspecified atom stereocenters. The zero-order valence-electron chi connectivity index (χ0n) is 9.00. The summed E-state index contributed by atoms with van der Waals surface area (Å²) in [4.78, 5) is 4.90. The highest BCUT2D eigenvalue weighted by atomic mass is 32.2. The van der Waals surface area contributed by atoms with Crippen LogP contribution in [-0.2, 0) is 0 Å². The third-order valence-corrected chi connectivity index (χ3v) is 3.33. The summed E-state index contributed by atoms with van der Waals surface area (Å²) < 4.78 is 0. The van der Waals surface area contributed by atoms with E-state index in [1.54, 1.807) is 12.3 Å². The van der Waals surface area contributed by atoms with Gasteiger partial charge in [-0.05, 0) is 18.1 Å². The fraction of sp³-hybridized carbons (Fsp3) is 0.400. The zero-order chi connectivity index (χ0) is 12.0. The second-order valence-electron chi connectivity index (χ2n) is 3.43. The maximum Gasteiger partial charge on any atom is 0.189 e. The van der Waals surface area contributed by atoms with Gasteiger partial charge in [-0.15, -0.1) is 11.8 Å². The predicted octanol–water partition coefficient (Wildman–Crippen LogP) is 0.897. The van der Waals surface area contributed by atoms with Gasteiger partial charge in [0.05, 0.1) is 0 Å². The highest BCUT2D eigenvalue weighted by Gasteiger charge is 2.10. The van der Waals surface area contributed by atoms with Crippen LogP contribution in [0.15, 0.2) is 28.4 Å². The van der Waals surface area contributed by atoms with Crippen LogP contribution in [0.1, 0.15) is 12.6 Å².